The van der Waals surface area contributed by atoms with Crippen molar-refractivity contribution >= 4 is 33.1 Å². The van der Waals surface area contributed by atoms with Crippen molar-refractivity contribution in [1.29, 1.82) is 0 Å². The number of hydrogen-bond donors (Lipinski definition) is 2. The van der Waals surface area contributed by atoms with Gasteiger partial charge in [0.1, 0.15) is 5.75 Å². The minimum absolute atomic E-state index is 0.274. The van der Waals surface area contributed by atoms with Crippen molar-refractivity contribution in [2.75, 3.05) is 29.7 Å². The molecule has 0 heterocycles. The molecule has 1 amide bonds. The van der Waals surface area contributed by atoms with E-state index in [2.05, 4.69) is 10.1 Å². The number of amides is 1. The first-order valence-corrected chi connectivity index (χ1v) is 7.99. The number of nitrogens with one attached hydrogen (secondary N) is 1. The molecule has 21 heavy (non-hydrogen) atoms. The lowest BCUT2D eigenvalue weighted by Gasteiger charge is -2.08. The number of carbonyl (C=O) groups is 2. The normalized spacial score (nSPS) is 11.0. The molecule has 0 saturated heterocycles. The van der Waals surface area contributed by atoms with E-state index in [4.69, 9.17) is 5.73 Å². The summed E-state index contributed by atoms with van der Waals surface area (Å²) < 4.78 is 27.7. The summed E-state index contributed by atoms with van der Waals surface area (Å²) in [5.74, 6) is -2.44. The predicted molar refractivity (Wildman–Crippen MR) is 79.5 cm³/mol. The number of esters is 1. The Labute approximate surface area is 123 Å². The average molecular weight is 314 g/mol. The van der Waals surface area contributed by atoms with E-state index in [1.165, 1.54) is 7.11 Å². The molecule has 0 unspecified atom stereocenters. The molecule has 1 aromatic rings. The lowest BCUT2D eigenvalue weighted by Crippen LogP contribution is -2.25. The van der Waals surface area contributed by atoms with Gasteiger partial charge in [0.15, 0.2) is 9.84 Å². The van der Waals surface area contributed by atoms with Gasteiger partial charge in [-0.25, -0.2) is 8.42 Å². The Morgan fingerprint density at radius 3 is 2.57 bits per heavy atom. The van der Waals surface area contributed by atoms with E-state index in [1.807, 2.05) is 6.92 Å². The molecule has 0 saturated carbocycles. The van der Waals surface area contributed by atoms with E-state index in [9.17, 15) is 18.0 Å². The van der Waals surface area contributed by atoms with E-state index in [1.54, 1.807) is 18.2 Å². The van der Waals surface area contributed by atoms with Gasteiger partial charge in [0.2, 0.25) is 5.91 Å². The van der Waals surface area contributed by atoms with E-state index in [0.717, 1.165) is 5.56 Å². The smallest absolute Gasteiger partial charge is 0.306 e. The SMILES string of the molecule is COC(=O)CCS(=O)(=O)CC(=O)Nc1ccc(C)c(N)c1. The molecule has 7 nitrogen and oxygen atoms in total. The Kier molecular flexibility index (Phi) is 5.71. The molecule has 0 aliphatic heterocycles. The molecule has 3 N–H and O–H groups in total. The van der Waals surface area contributed by atoms with Crippen LogP contribution in [0.25, 0.3) is 0 Å². The molecule has 116 valence electrons. The molecule has 0 atom stereocenters. The Morgan fingerprint density at radius 2 is 2.00 bits per heavy atom. The number of aryl methyl sites for hydroxylation is 1. The molecule has 8 heteroatoms. The number of benzene rings is 1. The number of nitrogens with two attached hydrogens (primary N) is 1. The van der Waals surface area contributed by atoms with Gasteiger partial charge in [-0.2, -0.15) is 0 Å². The maximum Gasteiger partial charge on any atom is 0.306 e. The van der Waals surface area contributed by atoms with Gasteiger partial charge in [-0.3, -0.25) is 9.59 Å². The number of anilines is 2. The second-order valence-electron chi connectivity index (χ2n) is 4.54. The molecular weight excluding hydrogens is 296 g/mol. The summed E-state index contributed by atoms with van der Waals surface area (Å²) in [4.78, 5) is 22.6. The van der Waals surface area contributed by atoms with Crippen LogP contribution in [0.2, 0.25) is 0 Å². The molecular formula is C13H18N2O5S. The average Bonchev–Trinajstić information content (AvgIpc) is 2.39. The second kappa shape index (κ2) is 7.07. The standard InChI is InChI=1S/C13H18N2O5S/c1-9-3-4-10(7-11(9)14)15-12(16)8-21(18,19)6-5-13(17)20-2/h3-4,7H,5-6,8,14H2,1-2H3,(H,15,16). The third-order valence-electron chi connectivity index (χ3n) is 2.76. The van der Waals surface area contributed by atoms with Crippen molar-refractivity contribution in [3.63, 3.8) is 0 Å². The van der Waals surface area contributed by atoms with Crippen LogP contribution >= 0.6 is 0 Å². The van der Waals surface area contributed by atoms with Gasteiger partial charge in [-0.15, -0.1) is 0 Å². The highest BCUT2D eigenvalue weighted by Crippen LogP contribution is 2.16. The number of carbonyl (C=O) groups excluding carboxylic acids is 2. The predicted octanol–water partition coefficient (Wildman–Crippen LogP) is 0.494. The first kappa shape index (κ1) is 17.0. The highest BCUT2D eigenvalue weighted by Gasteiger charge is 2.18. The minimum Gasteiger partial charge on any atom is -0.469 e. The largest absolute Gasteiger partial charge is 0.469 e. The molecule has 0 fully saturated rings. The van der Waals surface area contributed by atoms with Gasteiger partial charge in [0.25, 0.3) is 0 Å². The Morgan fingerprint density at radius 1 is 1.33 bits per heavy atom. The minimum atomic E-state index is -3.67. The van der Waals surface area contributed by atoms with Crippen molar-refractivity contribution in [3.8, 4) is 0 Å². The van der Waals surface area contributed by atoms with Crippen LogP contribution in [0.5, 0.6) is 0 Å². The zero-order chi connectivity index (χ0) is 16.0. The van der Waals surface area contributed by atoms with E-state index in [-0.39, 0.29) is 6.42 Å². The van der Waals surface area contributed by atoms with Gasteiger partial charge in [-0.05, 0) is 24.6 Å². The van der Waals surface area contributed by atoms with Crippen LogP contribution < -0.4 is 11.1 Å². The van der Waals surface area contributed by atoms with Crippen molar-refractivity contribution < 1.29 is 22.7 Å². The van der Waals surface area contributed by atoms with Crippen LogP contribution in [0.15, 0.2) is 18.2 Å². The summed E-state index contributed by atoms with van der Waals surface area (Å²) in [7, 11) is -2.50. The fourth-order valence-corrected chi connectivity index (χ4v) is 2.62. The Hall–Kier alpha value is -2.09. The highest BCUT2D eigenvalue weighted by atomic mass is 32.2. The molecule has 0 aliphatic rings. The molecule has 0 bridgehead atoms. The lowest BCUT2D eigenvalue weighted by molar-refractivity contribution is -0.140. The molecule has 0 radical (unpaired) electrons. The molecule has 1 rings (SSSR count). The van der Waals surface area contributed by atoms with E-state index >= 15 is 0 Å². The number of methoxy groups -OCH3 is 1. The molecule has 0 spiro atoms. The fourth-order valence-electron chi connectivity index (χ4n) is 1.53. The zero-order valence-electron chi connectivity index (χ0n) is 11.9. The first-order valence-electron chi connectivity index (χ1n) is 6.17. The summed E-state index contributed by atoms with van der Waals surface area (Å²) >= 11 is 0. The summed E-state index contributed by atoms with van der Waals surface area (Å²) in [6, 6.07) is 4.90. The van der Waals surface area contributed by atoms with Crippen molar-refractivity contribution in [1.82, 2.24) is 0 Å². The third-order valence-corrected chi connectivity index (χ3v) is 4.29. The number of sulfone groups is 1. The maximum atomic E-state index is 11.7. The van der Waals surface area contributed by atoms with Crippen LogP contribution in [-0.2, 0) is 24.2 Å². The summed E-state index contributed by atoms with van der Waals surface area (Å²) in [5, 5.41) is 2.45. The zero-order valence-corrected chi connectivity index (χ0v) is 12.7. The van der Waals surface area contributed by atoms with E-state index in [0.29, 0.717) is 11.4 Å². The van der Waals surface area contributed by atoms with Crippen LogP contribution in [-0.4, -0.2) is 38.9 Å². The monoisotopic (exact) mass is 314 g/mol. The van der Waals surface area contributed by atoms with Crippen LogP contribution in [0.3, 0.4) is 0 Å². The van der Waals surface area contributed by atoms with Crippen molar-refractivity contribution in [3.05, 3.63) is 23.8 Å². The molecule has 0 aliphatic carbocycles. The second-order valence-corrected chi connectivity index (χ2v) is 6.72. The van der Waals surface area contributed by atoms with Crippen LogP contribution in [0.1, 0.15) is 12.0 Å². The maximum absolute atomic E-state index is 11.7. The van der Waals surface area contributed by atoms with E-state index < -0.39 is 33.2 Å². The molecule has 1 aromatic carbocycles. The van der Waals surface area contributed by atoms with Gasteiger partial charge < -0.3 is 15.8 Å². The van der Waals surface area contributed by atoms with Gasteiger partial charge in [0.05, 0.1) is 19.3 Å². The fraction of sp³-hybridized carbons (Fsp3) is 0.385. The Bertz CT molecular complexity index is 640. The lowest BCUT2D eigenvalue weighted by atomic mass is 10.2. The van der Waals surface area contributed by atoms with Gasteiger partial charge >= 0.3 is 5.97 Å². The summed E-state index contributed by atoms with van der Waals surface area (Å²) in [6.45, 7) is 1.82. The van der Waals surface area contributed by atoms with Gasteiger partial charge in [-0.1, -0.05) is 6.07 Å². The third kappa shape index (κ3) is 5.82. The van der Waals surface area contributed by atoms with Crippen molar-refractivity contribution in [2.45, 2.75) is 13.3 Å². The summed E-state index contributed by atoms with van der Waals surface area (Å²) in [6.07, 6.45) is -0.274. The van der Waals surface area contributed by atoms with Crippen LogP contribution in [0, 0.1) is 6.92 Å². The molecule has 0 aromatic heterocycles. The number of ether oxygens (including phenoxy) is 1. The number of nitrogen functional groups attached to an aromatic ring is 1. The van der Waals surface area contributed by atoms with Gasteiger partial charge in [0, 0.05) is 11.4 Å². The quantitative estimate of drug-likeness (QED) is 0.583. The highest BCUT2D eigenvalue weighted by molar-refractivity contribution is 7.92. The number of rotatable bonds is 6. The Balaban J connectivity index is 2.60. The topological polar surface area (TPSA) is 116 Å². The van der Waals surface area contributed by atoms with Crippen LogP contribution in [0.4, 0.5) is 11.4 Å². The first-order chi connectivity index (χ1) is 9.73. The number of hydrogen-bond acceptors (Lipinski definition) is 6. The van der Waals surface area contributed by atoms with Crippen molar-refractivity contribution in [2.24, 2.45) is 0 Å². The summed E-state index contributed by atoms with van der Waals surface area (Å²) in [5.41, 5.74) is 7.48.